The van der Waals surface area contributed by atoms with Crippen LogP contribution in [0.4, 0.5) is 0 Å². The Morgan fingerprint density at radius 3 is 3.13 bits per heavy atom. The fourth-order valence-electron chi connectivity index (χ4n) is 3.03. The molecule has 1 aliphatic heterocycles. The molecule has 4 rings (SSSR count). The molecular formula is C17H15N3O3. The summed E-state index contributed by atoms with van der Waals surface area (Å²) < 4.78 is 5.60. The quantitative estimate of drug-likeness (QED) is 0.696. The standard InChI is InChI=1S/C17H15N3O3/c1-2-10-3-4-13-12(7-10)15-16(23-13)17(22)19-14(18-15)9-20-6-5-11(21)8-20/h1,3-4,7,11,21H,5-6,8-9H2,(H,18,19,22)/t11-/m0/s1. The Labute approximate surface area is 131 Å². The first-order valence-corrected chi connectivity index (χ1v) is 7.46. The lowest BCUT2D eigenvalue weighted by Gasteiger charge is -2.13. The molecule has 3 heterocycles. The van der Waals surface area contributed by atoms with Gasteiger partial charge in [0.2, 0.25) is 5.58 Å². The van der Waals surface area contributed by atoms with Gasteiger partial charge in [0.1, 0.15) is 16.9 Å². The molecule has 6 nitrogen and oxygen atoms in total. The summed E-state index contributed by atoms with van der Waals surface area (Å²) in [6, 6.07) is 5.32. The normalized spacial score (nSPS) is 18.7. The van der Waals surface area contributed by atoms with Gasteiger partial charge in [-0.3, -0.25) is 9.69 Å². The van der Waals surface area contributed by atoms with Crippen LogP contribution in [0.25, 0.3) is 22.1 Å². The van der Waals surface area contributed by atoms with Crippen molar-refractivity contribution < 1.29 is 9.52 Å². The van der Waals surface area contributed by atoms with Gasteiger partial charge in [0.05, 0.1) is 12.6 Å². The zero-order valence-corrected chi connectivity index (χ0v) is 12.4. The number of terminal acetylenes is 1. The van der Waals surface area contributed by atoms with E-state index in [1.54, 1.807) is 18.2 Å². The Balaban J connectivity index is 1.83. The smallest absolute Gasteiger partial charge is 0.294 e. The Kier molecular flexibility index (Phi) is 3.18. The predicted molar refractivity (Wildman–Crippen MR) is 86.0 cm³/mol. The Morgan fingerprint density at radius 1 is 1.52 bits per heavy atom. The van der Waals surface area contributed by atoms with Crippen LogP contribution >= 0.6 is 0 Å². The van der Waals surface area contributed by atoms with Crippen LogP contribution in [0.1, 0.15) is 17.8 Å². The number of aromatic amines is 1. The summed E-state index contributed by atoms with van der Waals surface area (Å²) in [5.41, 5.74) is 1.73. The lowest BCUT2D eigenvalue weighted by atomic mass is 10.1. The van der Waals surface area contributed by atoms with E-state index < -0.39 is 0 Å². The second-order valence-corrected chi connectivity index (χ2v) is 5.83. The second kappa shape index (κ2) is 5.23. The van der Waals surface area contributed by atoms with Gasteiger partial charge < -0.3 is 14.5 Å². The summed E-state index contributed by atoms with van der Waals surface area (Å²) in [6.45, 7) is 1.87. The first-order valence-electron chi connectivity index (χ1n) is 7.46. The van der Waals surface area contributed by atoms with Crippen molar-refractivity contribution in [1.29, 1.82) is 0 Å². The third kappa shape index (κ3) is 2.40. The van der Waals surface area contributed by atoms with Gasteiger partial charge in [0, 0.05) is 24.0 Å². The number of rotatable bonds is 2. The number of nitrogens with one attached hydrogen (secondary N) is 1. The molecule has 0 aliphatic carbocycles. The molecule has 2 aromatic heterocycles. The Hall–Kier alpha value is -2.62. The molecule has 2 N–H and O–H groups in total. The number of nitrogens with zero attached hydrogens (tertiary/aromatic N) is 2. The van der Waals surface area contributed by atoms with Crippen LogP contribution < -0.4 is 5.56 Å². The van der Waals surface area contributed by atoms with E-state index in [9.17, 15) is 9.90 Å². The molecule has 23 heavy (non-hydrogen) atoms. The summed E-state index contributed by atoms with van der Waals surface area (Å²) in [5, 5.41) is 10.3. The summed E-state index contributed by atoms with van der Waals surface area (Å²) in [6.07, 6.45) is 5.87. The maximum Gasteiger partial charge on any atom is 0.294 e. The number of aromatic nitrogens is 2. The highest BCUT2D eigenvalue weighted by Gasteiger charge is 2.21. The summed E-state index contributed by atoms with van der Waals surface area (Å²) >= 11 is 0. The molecule has 0 amide bonds. The predicted octanol–water partition coefficient (Wildman–Crippen LogP) is 1.22. The van der Waals surface area contributed by atoms with Crippen LogP contribution in [0.15, 0.2) is 27.4 Å². The molecule has 0 bridgehead atoms. The van der Waals surface area contributed by atoms with Crippen LogP contribution in [0.3, 0.4) is 0 Å². The number of benzene rings is 1. The number of β-amino-alcohol motifs (C(OH)–C–C–N with tert-alkyl or cyclic N) is 1. The molecule has 1 atom stereocenters. The minimum absolute atomic E-state index is 0.208. The minimum atomic E-state index is -0.307. The van der Waals surface area contributed by atoms with Crippen molar-refractivity contribution in [2.45, 2.75) is 19.1 Å². The molecule has 116 valence electrons. The van der Waals surface area contributed by atoms with E-state index in [4.69, 9.17) is 10.8 Å². The number of hydrogen-bond acceptors (Lipinski definition) is 5. The summed E-state index contributed by atoms with van der Waals surface area (Å²) in [4.78, 5) is 21.6. The van der Waals surface area contributed by atoms with Crippen molar-refractivity contribution in [1.82, 2.24) is 14.9 Å². The van der Waals surface area contributed by atoms with E-state index in [0.717, 1.165) is 18.4 Å². The Morgan fingerprint density at radius 2 is 2.39 bits per heavy atom. The first-order chi connectivity index (χ1) is 11.1. The fraction of sp³-hybridized carbons (Fsp3) is 0.294. The topological polar surface area (TPSA) is 82.4 Å². The van der Waals surface area contributed by atoms with Crippen molar-refractivity contribution in [2.24, 2.45) is 0 Å². The van der Waals surface area contributed by atoms with Crippen LogP contribution in [-0.2, 0) is 6.54 Å². The molecule has 1 aliphatic rings. The fourth-order valence-corrected chi connectivity index (χ4v) is 3.03. The molecule has 0 radical (unpaired) electrons. The number of furan rings is 1. The van der Waals surface area contributed by atoms with Gasteiger partial charge in [-0.15, -0.1) is 6.42 Å². The highest BCUT2D eigenvalue weighted by atomic mass is 16.3. The van der Waals surface area contributed by atoms with Crippen LogP contribution in [-0.4, -0.2) is 39.2 Å². The lowest BCUT2D eigenvalue weighted by Crippen LogP contribution is -2.24. The highest BCUT2D eigenvalue weighted by Crippen LogP contribution is 2.26. The average molecular weight is 309 g/mol. The number of aliphatic hydroxyl groups excluding tert-OH is 1. The van der Waals surface area contributed by atoms with E-state index in [1.807, 2.05) is 0 Å². The van der Waals surface area contributed by atoms with Gasteiger partial charge in [0.25, 0.3) is 5.56 Å². The monoisotopic (exact) mass is 309 g/mol. The van der Waals surface area contributed by atoms with Crippen molar-refractivity contribution >= 4 is 22.1 Å². The lowest BCUT2D eigenvalue weighted by molar-refractivity contribution is 0.174. The second-order valence-electron chi connectivity index (χ2n) is 5.83. The van der Waals surface area contributed by atoms with E-state index >= 15 is 0 Å². The number of H-pyrrole nitrogens is 1. The summed E-state index contributed by atoms with van der Waals surface area (Å²) in [7, 11) is 0. The molecule has 6 heteroatoms. The third-order valence-electron chi connectivity index (χ3n) is 4.16. The Bertz CT molecular complexity index is 996. The largest absolute Gasteiger partial charge is 0.449 e. The van der Waals surface area contributed by atoms with Gasteiger partial charge in [-0.25, -0.2) is 4.98 Å². The molecular weight excluding hydrogens is 294 g/mol. The van der Waals surface area contributed by atoms with Crippen molar-refractivity contribution in [3.05, 3.63) is 39.9 Å². The van der Waals surface area contributed by atoms with E-state index in [2.05, 4.69) is 20.8 Å². The molecule has 0 unspecified atom stereocenters. The molecule has 1 saturated heterocycles. The van der Waals surface area contributed by atoms with E-state index in [-0.39, 0.29) is 17.2 Å². The number of hydrogen-bond donors (Lipinski definition) is 2. The molecule has 1 aromatic carbocycles. The maximum absolute atomic E-state index is 12.3. The molecule has 0 spiro atoms. The van der Waals surface area contributed by atoms with Gasteiger partial charge in [0.15, 0.2) is 0 Å². The number of aliphatic hydroxyl groups is 1. The highest BCUT2D eigenvalue weighted by molar-refractivity contribution is 6.02. The van der Waals surface area contributed by atoms with Gasteiger partial charge in [-0.05, 0) is 24.6 Å². The molecule has 0 saturated carbocycles. The van der Waals surface area contributed by atoms with Crippen molar-refractivity contribution in [3.63, 3.8) is 0 Å². The van der Waals surface area contributed by atoms with Gasteiger partial charge >= 0.3 is 0 Å². The summed E-state index contributed by atoms with van der Waals surface area (Å²) in [5.74, 6) is 3.14. The number of fused-ring (bicyclic) bond motifs is 3. The zero-order valence-electron chi connectivity index (χ0n) is 12.4. The minimum Gasteiger partial charge on any atom is -0.449 e. The van der Waals surface area contributed by atoms with Crippen LogP contribution in [0.5, 0.6) is 0 Å². The molecule has 1 fully saturated rings. The van der Waals surface area contributed by atoms with Crippen LogP contribution in [0, 0.1) is 12.3 Å². The van der Waals surface area contributed by atoms with Crippen LogP contribution in [0.2, 0.25) is 0 Å². The average Bonchev–Trinajstić information content (AvgIpc) is 3.11. The first kappa shape index (κ1) is 14.0. The van der Waals surface area contributed by atoms with E-state index in [1.165, 1.54) is 0 Å². The van der Waals surface area contributed by atoms with E-state index in [0.29, 0.717) is 35.6 Å². The number of likely N-dealkylation sites (tertiary alicyclic amines) is 1. The molecule has 3 aromatic rings. The van der Waals surface area contributed by atoms with Crippen molar-refractivity contribution in [2.75, 3.05) is 13.1 Å². The zero-order chi connectivity index (χ0) is 16.0. The third-order valence-corrected chi connectivity index (χ3v) is 4.16. The maximum atomic E-state index is 12.3. The van der Waals surface area contributed by atoms with Crippen molar-refractivity contribution in [3.8, 4) is 12.3 Å². The van der Waals surface area contributed by atoms with Gasteiger partial charge in [-0.2, -0.15) is 0 Å². The SMILES string of the molecule is C#Cc1ccc2oc3c(=O)[nH]c(CN4CC[C@H](O)C4)nc3c2c1. The van der Waals surface area contributed by atoms with Gasteiger partial charge in [-0.1, -0.05) is 5.92 Å².